The van der Waals surface area contributed by atoms with Crippen molar-refractivity contribution in [3.8, 4) is 17.6 Å². The molecule has 4 nitrogen and oxygen atoms in total. The van der Waals surface area contributed by atoms with Crippen LogP contribution >= 0.6 is 0 Å². The molecule has 1 N–H and O–H groups in total. The molecule has 1 aromatic carbocycles. The van der Waals surface area contributed by atoms with Gasteiger partial charge in [-0.1, -0.05) is 0 Å². The maximum atomic E-state index is 8.80. The number of fused-ring (bicyclic) bond motifs is 1. The first kappa shape index (κ1) is 11.3. The molecule has 0 radical (unpaired) electrons. The molecule has 0 fully saturated rings. The van der Waals surface area contributed by atoms with E-state index in [9.17, 15) is 0 Å². The summed E-state index contributed by atoms with van der Waals surface area (Å²) >= 11 is 0. The number of aromatic nitrogens is 2. The molecule has 19 heavy (non-hydrogen) atoms. The molecular formula is C15H11N3O. The van der Waals surface area contributed by atoms with Gasteiger partial charge in [-0.25, -0.2) is 0 Å². The maximum absolute atomic E-state index is 8.80. The first-order valence-electron chi connectivity index (χ1n) is 5.91. The van der Waals surface area contributed by atoms with Crippen LogP contribution in [-0.4, -0.2) is 9.97 Å². The van der Waals surface area contributed by atoms with Gasteiger partial charge in [0.15, 0.2) is 0 Å². The van der Waals surface area contributed by atoms with E-state index in [1.54, 1.807) is 12.4 Å². The third kappa shape index (κ3) is 2.26. The van der Waals surface area contributed by atoms with E-state index < -0.39 is 0 Å². The van der Waals surface area contributed by atoms with Gasteiger partial charge in [-0.05, 0) is 35.9 Å². The minimum Gasteiger partial charge on any atom is -0.456 e. The van der Waals surface area contributed by atoms with Gasteiger partial charge in [-0.2, -0.15) is 5.26 Å². The molecule has 0 saturated carbocycles. The van der Waals surface area contributed by atoms with Crippen LogP contribution in [0.5, 0.6) is 11.5 Å². The van der Waals surface area contributed by atoms with Crippen molar-refractivity contribution in [1.29, 1.82) is 5.26 Å². The number of nitriles is 1. The summed E-state index contributed by atoms with van der Waals surface area (Å²) in [7, 11) is 0. The molecule has 0 aliphatic heterocycles. The average molecular weight is 249 g/mol. The number of nitrogens with one attached hydrogen (secondary N) is 1. The largest absolute Gasteiger partial charge is 0.456 e. The van der Waals surface area contributed by atoms with Crippen molar-refractivity contribution in [2.75, 3.05) is 0 Å². The Balaban J connectivity index is 1.97. The summed E-state index contributed by atoms with van der Waals surface area (Å²) in [5.41, 5.74) is 1.98. The fourth-order valence-corrected chi connectivity index (χ4v) is 2.00. The standard InChI is InChI=1S/C15H11N3O/c16-6-5-11-9-18-15-4-3-12(8-14(11)15)19-13-2-1-7-17-10-13/h1-4,7-10,18H,5H2. The molecule has 4 heteroatoms. The van der Waals surface area contributed by atoms with Crippen LogP contribution in [-0.2, 0) is 6.42 Å². The van der Waals surface area contributed by atoms with Crippen LogP contribution in [0.1, 0.15) is 5.56 Å². The zero-order valence-corrected chi connectivity index (χ0v) is 10.1. The minimum atomic E-state index is 0.385. The minimum absolute atomic E-state index is 0.385. The molecule has 2 aromatic heterocycles. The molecule has 2 heterocycles. The number of aromatic amines is 1. The zero-order valence-electron chi connectivity index (χ0n) is 10.1. The molecular weight excluding hydrogens is 238 g/mol. The van der Waals surface area contributed by atoms with E-state index >= 15 is 0 Å². The molecule has 3 rings (SSSR count). The van der Waals surface area contributed by atoms with Crippen molar-refractivity contribution in [1.82, 2.24) is 9.97 Å². The van der Waals surface area contributed by atoms with Gasteiger partial charge in [0.2, 0.25) is 0 Å². The summed E-state index contributed by atoms with van der Waals surface area (Å²) in [4.78, 5) is 7.15. The highest BCUT2D eigenvalue weighted by Gasteiger charge is 2.05. The number of ether oxygens (including phenoxy) is 1. The molecule has 0 aliphatic carbocycles. The number of hydrogen-bond acceptors (Lipinski definition) is 3. The smallest absolute Gasteiger partial charge is 0.145 e. The molecule has 0 spiro atoms. The Bertz CT molecular complexity index is 741. The van der Waals surface area contributed by atoms with Crippen molar-refractivity contribution in [2.24, 2.45) is 0 Å². The lowest BCUT2D eigenvalue weighted by Gasteiger charge is -2.05. The fraction of sp³-hybridized carbons (Fsp3) is 0.0667. The second-order valence-corrected chi connectivity index (χ2v) is 4.15. The predicted octanol–water partition coefficient (Wildman–Crippen LogP) is 3.42. The van der Waals surface area contributed by atoms with Crippen LogP contribution < -0.4 is 4.74 Å². The van der Waals surface area contributed by atoms with E-state index in [-0.39, 0.29) is 0 Å². The highest BCUT2D eigenvalue weighted by molar-refractivity contribution is 5.84. The third-order valence-electron chi connectivity index (χ3n) is 2.88. The van der Waals surface area contributed by atoms with E-state index in [0.717, 1.165) is 22.2 Å². The van der Waals surface area contributed by atoms with Gasteiger partial charge in [0, 0.05) is 23.3 Å². The zero-order chi connectivity index (χ0) is 13.1. The number of pyridine rings is 1. The van der Waals surface area contributed by atoms with E-state index in [4.69, 9.17) is 10.00 Å². The Hall–Kier alpha value is -2.80. The lowest BCUT2D eigenvalue weighted by atomic mass is 10.1. The molecule has 0 amide bonds. The third-order valence-corrected chi connectivity index (χ3v) is 2.88. The normalized spacial score (nSPS) is 10.3. The second-order valence-electron chi connectivity index (χ2n) is 4.15. The molecule has 0 saturated heterocycles. The maximum Gasteiger partial charge on any atom is 0.145 e. The van der Waals surface area contributed by atoms with Gasteiger partial charge < -0.3 is 9.72 Å². The molecule has 0 aliphatic rings. The highest BCUT2D eigenvalue weighted by Crippen LogP contribution is 2.27. The Morgan fingerprint density at radius 3 is 3.00 bits per heavy atom. The van der Waals surface area contributed by atoms with Gasteiger partial charge >= 0.3 is 0 Å². The summed E-state index contributed by atoms with van der Waals surface area (Å²) in [6, 6.07) is 11.6. The van der Waals surface area contributed by atoms with Crippen molar-refractivity contribution < 1.29 is 4.74 Å². The lowest BCUT2D eigenvalue weighted by Crippen LogP contribution is -1.85. The molecule has 0 bridgehead atoms. The van der Waals surface area contributed by atoms with Gasteiger partial charge in [-0.3, -0.25) is 4.98 Å². The Kier molecular flexibility index (Phi) is 2.87. The van der Waals surface area contributed by atoms with Crippen LogP contribution in [0.4, 0.5) is 0 Å². The van der Waals surface area contributed by atoms with Crippen LogP contribution in [0, 0.1) is 11.3 Å². The summed E-state index contributed by atoms with van der Waals surface area (Å²) in [6.45, 7) is 0. The molecule has 0 atom stereocenters. The van der Waals surface area contributed by atoms with Crippen LogP contribution in [0.15, 0.2) is 48.9 Å². The van der Waals surface area contributed by atoms with E-state index in [2.05, 4.69) is 16.0 Å². The summed E-state index contributed by atoms with van der Waals surface area (Å²) in [5.74, 6) is 1.43. The summed E-state index contributed by atoms with van der Waals surface area (Å²) in [6.07, 6.45) is 5.61. The topological polar surface area (TPSA) is 61.7 Å². The van der Waals surface area contributed by atoms with E-state index in [1.807, 2.05) is 36.5 Å². The van der Waals surface area contributed by atoms with E-state index in [1.165, 1.54) is 0 Å². The van der Waals surface area contributed by atoms with Crippen LogP contribution in [0.3, 0.4) is 0 Å². The number of rotatable bonds is 3. The molecule has 3 aromatic rings. The van der Waals surface area contributed by atoms with Gasteiger partial charge in [0.1, 0.15) is 11.5 Å². The molecule has 92 valence electrons. The number of hydrogen-bond donors (Lipinski definition) is 1. The first-order chi connectivity index (χ1) is 9.36. The predicted molar refractivity (Wildman–Crippen MR) is 71.9 cm³/mol. The summed E-state index contributed by atoms with van der Waals surface area (Å²) < 4.78 is 5.73. The highest BCUT2D eigenvalue weighted by atomic mass is 16.5. The average Bonchev–Trinajstić information content (AvgIpc) is 2.83. The van der Waals surface area contributed by atoms with Crippen molar-refractivity contribution >= 4 is 10.9 Å². The van der Waals surface area contributed by atoms with E-state index in [0.29, 0.717) is 12.2 Å². The van der Waals surface area contributed by atoms with Crippen LogP contribution in [0.25, 0.3) is 10.9 Å². The van der Waals surface area contributed by atoms with Crippen molar-refractivity contribution in [2.45, 2.75) is 6.42 Å². The Labute approximate surface area is 110 Å². The lowest BCUT2D eigenvalue weighted by molar-refractivity contribution is 0.481. The van der Waals surface area contributed by atoms with Gasteiger partial charge in [0.25, 0.3) is 0 Å². The van der Waals surface area contributed by atoms with Crippen molar-refractivity contribution in [3.63, 3.8) is 0 Å². The van der Waals surface area contributed by atoms with Crippen molar-refractivity contribution in [3.05, 3.63) is 54.5 Å². The summed E-state index contributed by atoms with van der Waals surface area (Å²) in [5, 5.41) is 9.82. The number of H-pyrrole nitrogens is 1. The Morgan fingerprint density at radius 2 is 2.21 bits per heavy atom. The number of nitrogens with zero attached hydrogens (tertiary/aromatic N) is 2. The first-order valence-corrected chi connectivity index (χ1v) is 5.91. The monoisotopic (exact) mass is 249 g/mol. The SMILES string of the molecule is N#CCc1c[nH]c2ccc(Oc3cccnc3)cc12. The quantitative estimate of drug-likeness (QED) is 0.773. The number of benzene rings is 1. The fourth-order valence-electron chi connectivity index (χ4n) is 2.00. The second kappa shape index (κ2) is 4.83. The molecule has 0 unspecified atom stereocenters. The van der Waals surface area contributed by atoms with Gasteiger partial charge in [-0.15, -0.1) is 0 Å². The van der Waals surface area contributed by atoms with Gasteiger partial charge in [0.05, 0.1) is 18.7 Å². The van der Waals surface area contributed by atoms with Crippen LogP contribution in [0.2, 0.25) is 0 Å². The Morgan fingerprint density at radius 1 is 1.26 bits per heavy atom.